The number of nitrogens with zero attached hydrogens (tertiary/aromatic N) is 1. The number of rotatable bonds is 7. The first kappa shape index (κ1) is 16.0. The van der Waals surface area contributed by atoms with Crippen LogP contribution in [-0.2, 0) is 20.8 Å². The van der Waals surface area contributed by atoms with E-state index in [1.54, 1.807) is 0 Å². The molecular weight excluding hydrogens is 266 g/mol. The zero-order chi connectivity index (χ0) is 15.1. The third-order valence-corrected chi connectivity index (χ3v) is 3.79. The van der Waals surface area contributed by atoms with Crippen LogP contribution < -0.4 is 0 Å². The normalized spacial score (nSPS) is 22.4. The molecule has 1 aliphatic rings. The van der Waals surface area contributed by atoms with Crippen molar-refractivity contribution < 1.29 is 14.3 Å². The molecule has 0 bridgehead atoms. The molecule has 1 aliphatic heterocycles. The van der Waals surface area contributed by atoms with Gasteiger partial charge in [-0.1, -0.05) is 37.3 Å². The SMILES string of the molecule is CCCOC1(C(=O)OCC)CCN(Cc2ccccc2)C1. The second-order valence-electron chi connectivity index (χ2n) is 5.51. The molecule has 0 saturated carbocycles. The quantitative estimate of drug-likeness (QED) is 0.724. The van der Waals surface area contributed by atoms with Crippen LogP contribution in [0.1, 0.15) is 32.3 Å². The molecule has 1 heterocycles. The summed E-state index contributed by atoms with van der Waals surface area (Å²) >= 11 is 0. The molecule has 1 fully saturated rings. The van der Waals surface area contributed by atoms with E-state index >= 15 is 0 Å². The monoisotopic (exact) mass is 291 g/mol. The first-order valence-corrected chi connectivity index (χ1v) is 7.77. The number of benzene rings is 1. The van der Waals surface area contributed by atoms with Crippen LogP contribution >= 0.6 is 0 Å². The van der Waals surface area contributed by atoms with Crippen molar-refractivity contribution in [2.45, 2.75) is 38.8 Å². The molecule has 116 valence electrons. The van der Waals surface area contributed by atoms with Crippen molar-refractivity contribution in [1.82, 2.24) is 4.90 Å². The zero-order valence-corrected chi connectivity index (χ0v) is 13.0. The molecule has 1 saturated heterocycles. The average Bonchev–Trinajstić information content (AvgIpc) is 2.91. The summed E-state index contributed by atoms with van der Waals surface area (Å²) < 4.78 is 11.1. The smallest absolute Gasteiger partial charge is 0.339 e. The van der Waals surface area contributed by atoms with E-state index in [-0.39, 0.29) is 5.97 Å². The number of likely N-dealkylation sites (tertiary alicyclic amines) is 1. The van der Waals surface area contributed by atoms with Gasteiger partial charge in [0.1, 0.15) is 0 Å². The first-order valence-electron chi connectivity index (χ1n) is 7.77. The Morgan fingerprint density at radius 3 is 2.71 bits per heavy atom. The Balaban J connectivity index is 2.01. The summed E-state index contributed by atoms with van der Waals surface area (Å²) in [5.74, 6) is -0.214. The van der Waals surface area contributed by atoms with Gasteiger partial charge in [0.15, 0.2) is 5.60 Å². The van der Waals surface area contributed by atoms with Gasteiger partial charge < -0.3 is 9.47 Å². The third kappa shape index (κ3) is 4.05. The first-order chi connectivity index (χ1) is 10.2. The van der Waals surface area contributed by atoms with E-state index < -0.39 is 5.60 Å². The summed E-state index contributed by atoms with van der Waals surface area (Å²) in [6.07, 6.45) is 1.61. The fourth-order valence-electron chi connectivity index (χ4n) is 2.74. The summed E-state index contributed by atoms with van der Waals surface area (Å²) in [5.41, 5.74) is 0.480. The fraction of sp³-hybridized carbons (Fsp3) is 0.588. The zero-order valence-electron chi connectivity index (χ0n) is 13.0. The van der Waals surface area contributed by atoms with E-state index in [9.17, 15) is 4.79 Å². The van der Waals surface area contributed by atoms with Crippen molar-refractivity contribution in [2.24, 2.45) is 0 Å². The topological polar surface area (TPSA) is 38.8 Å². The predicted octanol–water partition coefficient (Wildman–Crippen LogP) is 2.62. The molecule has 0 radical (unpaired) electrons. The van der Waals surface area contributed by atoms with Crippen LogP contribution in [0.15, 0.2) is 30.3 Å². The van der Waals surface area contributed by atoms with E-state index in [0.29, 0.717) is 26.2 Å². The van der Waals surface area contributed by atoms with E-state index in [0.717, 1.165) is 19.5 Å². The number of carbonyl (C=O) groups is 1. The molecule has 1 aromatic rings. The lowest BCUT2D eigenvalue weighted by atomic mass is 10.0. The van der Waals surface area contributed by atoms with Crippen molar-refractivity contribution >= 4 is 5.97 Å². The number of hydrogen-bond acceptors (Lipinski definition) is 4. The maximum absolute atomic E-state index is 12.3. The maximum Gasteiger partial charge on any atom is 0.339 e. The van der Waals surface area contributed by atoms with Crippen molar-refractivity contribution in [3.05, 3.63) is 35.9 Å². The summed E-state index contributed by atoms with van der Waals surface area (Å²) in [4.78, 5) is 14.6. The Kier molecular flexibility index (Phi) is 5.76. The van der Waals surface area contributed by atoms with Gasteiger partial charge in [-0.3, -0.25) is 4.90 Å². The van der Waals surface area contributed by atoms with Crippen LogP contribution in [0.4, 0.5) is 0 Å². The highest BCUT2D eigenvalue weighted by atomic mass is 16.6. The number of hydrogen-bond donors (Lipinski definition) is 0. The Hall–Kier alpha value is -1.39. The van der Waals surface area contributed by atoms with Crippen LogP contribution in [0.5, 0.6) is 0 Å². The lowest BCUT2D eigenvalue weighted by Crippen LogP contribution is -2.45. The van der Waals surface area contributed by atoms with Crippen molar-refractivity contribution in [1.29, 1.82) is 0 Å². The fourth-order valence-corrected chi connectivity index (χ4v) is 2.74. The van der Waals surface area contributed by atoms with Crippen molar-refractivity contribution in [3.8, 4) is 0 Å². The summed E-state index contributed by atoms with van der Waals surface area (Å²) in [5, 5.41) is 0. The molecule has 0 N–H and O–H groups in total. The van der Waals surface area contributed by atoms with Crippen LogP contribution in [0, 0.1) is 0 Å². The number of ether oxygens (including phenoxy) is 2. The maximum atomic E-state index is 12.3. The second-order valence-corrected chi connectivity index (χ2v) is 5.51. The molecule has 1 atom stereocenters. The van der Waals surface area contributed by atoms with Gasteiger partial charge in [0.05, 0.1) is 6.61 Å². The molecule has 0 aliphatic carbocycles. The van der Waals surface area contributed by atoms with Gasteiger partial charge in [0, 0.05) is 32.7 Å². The van der Waals surface area contributed by atoms with E-state index in [1.807, 2.05) is 25.1 Å². The largest absolute Gasteiger partial charge is 0.464 e. The van der Waals surface area contributed by atoms with Gasteiger partial charge in [0.25, 0.3) is 0 Å². The Morgan fingerprint density at radius 1 is 1.29 bits per heavy atom. The summed E-state index contributed by atoms with van der Waals surface area (Å²) in [6.45, 7) is 7.19. The van der Waals surface area contributed by atoms with E-state index in [2.05, 4.69) is 24.0 Å². The second kappa shape index (κ2) is 7.57. The molecule has 4 nitrogen and oxygen atoms in total. The average molecular weight is 291 g/mol. The summed E-state index contributed by atoms with van der Waals surface area (Å²) in [6, 6.07) is 10.3. The van der Waals surface area contributed by atoms with Gasteiger partial charge >= 0.3 is 5.97 Å². The van der Waals surface area contributed by atoms with Crippen LogP contribution in [0.3, 0.4) is 0 Å². The summed E-state index contributed by atoms with van der Waals surface area (Å²) in [7, 11) is 0. The molecule has 1 unspecified atom stereocenters. The van der Waals surface area contributed by atoms with Gasteiger partial charge in [-0.25, -0.2) is 4.79 Å². The van der Waals surface area contributed by atoms with Gasteiger partial charge in [-0.15, -0.1) is 0 Å². The van der Waals surface area contributed by atoms with Crippen LogP contribution in [0.25, 0.3) is 0 Å². The van der Waals surface area contributed by atoms with Crippen LogP contribution in [-0.4, -0.2) is 42.8 Å². The molecule has 0 amide bonds. The number of esters is 1. The van der Waals surface area contributed by atoms with Gasteiger partial charge in [0.2, 0.25) is 0 Å². The highest BCUT2D eigenvalue weighted by Crippen LogP contribution is 2.28. The minimum atomic E-state index is -0.777. The molecule has 0 spiro atoms. The molecule has 2 rings (SSSR count). The molecular formula is C17H25NO3. The van der Waals surface area contributed by atoms with Crippen molar-refractivity contribution in [2.75, 3.05) is 26.3 Å². The van der Waals surface area contributed by atoms with Gasteiger partial charge in [-0.2, -0.15) is 0 Å². The predicted molar refractivity (Wildman–Crippen MR) is 81.9 cm³/mol. The standard InChI is InChI=1S/C17H25NO3/c1-3-12-21-17(16(19)20-4-2)10-11-18(14-17)13-15-8-6-5-7-9-15/h5-9H,3-4,10-14H2,1-2H3. The Labute approximate surface area is 127 Å². The van der Waals surface area contributed by atoms with Gasteiger partial charge in [-0.05, 0) is 18.9 Å². The van der Waals surface area contributed by atoms with E-state index in [1.165, 1.54) is 5.56 Å². The van der Waals surface area contributed by atoms with E-state index in [4.69, 9.17) is 9.47 Å². The molecule has 0 aromatic heterocycles. The Morgan fingerprint density at radius 2 is 2.05 bits per heavy atom. The van der Waals surface area contributed by atoms with Crippen LogP contribution in [0.2, 0.25) is 0 Å². The third-order valence-electron chi connectivity index (χ3n) is 3.79. The lowest BCUT2D eigenvalue weighted by Gasteiger charge is -2.27. The highest BCUT2D eigenvalue weighted by Gasteiger charge is 2.46. The molecule has 4 heteroatoms. The highest BCUT2D eigenvalue weighted by molar-refractivity contribution is 5.80. The molecule has 1 aromatic carbocycles. The minimum Gasteiger partial charge on any atom is -0.464 e. The van der Waals surface area contributed by atoms with Crippen molar-refractivity contribution in [3.63, 3.8) is 0 Å². The Bertz CT molecular complexity index is 449. The minimum absolute atomic E-state index is 0.214. The lowest BCUT2D eigenvalue weighted by molar-refractivity contribution is -0.170. The number of carbonyl (C=O) groups excluding carboxylic acids is 1. The molecule has 21 heavy (non-hydrogen) atoms.